The molecule has 1 heterocycles. The summed E-state index contributed by atoms with van der Waals surface area (Å²) in [5.74, 6) is -0.362. The first-order valence-corrected chi connectivity index (χ1v) is 12.7. The average molecular weight is 501 g/mol. The second-order valence-corrected chi connectivity index (χ2v) is 10.9. The van der Waals surface area contributed by atoms with Crippen molar-refractivity contribution >= 4 is 54.9 Å². The third-order valence-corrected chi connectivity index (χ3v) is 7.33. The zero-order valence-electron chi connectivity index (χ0n) is 16.4. The molecule has 0 saturated carbocycles. The molecule has 164 valence electrons. The van der Waals surface area contributed by atoms with Crippen LogP contribution >= 0.6 is 23.2 Å². The number of hydrogen-bond acceptors (Lipinski definition) is 6. The Morgan fingerprint density at radius 2 is 1.42 bits per heavy atom. The number of nitrogens with zero attached hydrogens (tertiary/aromatic N) is 2. The van der Waals surface area contributed by atoms with Gasteiger partial charge >= 0.3 is 0 Å². The highest BCUT2D eigenvalue weighted by Crippen LogP contribution is 2.24. The number of halogens is 2. The van der Waals surface area contributed by atoms with E-state index in [-0.39, 0.29) is 27.3 Å². The molecular weight excluding hydrogens is 483 g/mol. The fraction of sp³-hybridized carbons (Fsp3) is 0.158. The van der Waals surface area contributed by atoms with E-state index < -0.39 is 20.0 Å². The molecule has 8 nitrogen and oxygen atoms in total. The van der Waals surface area contributed by atoms with Gasteiger partial charge in [0.15, 0.2) is 0 Å². The van der Waals surface area contributed by atoms with E-state index in [9.17, 15) is 16.8 Å². The molecule has 0 fully saturated rings. The predicted octanol–water partition coefficient (Wildman–Crippen LogP) is 4.14. The van der Waals surface area contributed by atoms with Crippen LogP contribution in [0.2, 0.25) is 10.0 Å². The highest BCUT2D eigenvalue weighted by molar-refractivity contribution is 7.92. The molecule has 0 radical (unpaired) electrons. The molecule has 31 heavy (non-hydrogen) atoms. The molecule has 2 N–H and O–H groups in total. The van der Waals surface area contributed by atoms with Crippen LogP contribution in [0.3, 0.4) is 0 Å². The summed E-state index contributed by atoms with van der Waals surface area (Å²) in [6.45, 7) is 3.46. The van der Waals surface area contributed by atoms with Crippen molar-refractivity contribution in [3.63, 3.8) is 0 Å². The summed E-state index contributed by atoms with van der Waals surface area (Å²) in [5.41, 5.74) is 1.91. The van der Waals surface area contributed by atoms with Crippen LogP contribution in [0.1, 0.15) is 17.0 Å². The van der Waals surface area contributed by atoms with Crippen LogP contribution in [0.5, 0.6) is 0 Å². The molecule has 0 unspecified atom stereocenters. The number of hydrogen-bond donors (Lipinski definition) is 2. The van der Waals surface area contributed by atoms with Crippen LogP contribution < -0.4 is 9.44 Å². The van der Waals surface area contributed by atoms with Crippen molar-refractivity contribution < 1.29 is 16.8 Å². The number of benzene rings is 2. The largest absolute Gasteiger partial charge is 0.283 e. The first-order valence-electron chi connectivity index (χ1n) is 8.83. The monoisotopic (exact) mass is 500 g/mol. The summed E-state index contributed by atoms with van der Waals surface area (Å²) >= 11 is 11.8. The van der Waals surface area contributed by atoms with Gasteiger partial charge in [-0.1, -0.05) is 29.3 Å². The van der Waals surface area contributed by atoms with Crippen molar-refractivity contribution in [3.05, 3.63) is 75.5 Å². The second-order valence-electron chi connectivity index (χ2n) is 6.71. The third kappa shape index (κ3) is 6.30. The molecule has 0 bridgehead atoms. The number of sulfonamides is 2. The van der Waals surface area contributed by atoms with Gasteiger partial charge < -0.3 is 0 Å². The normalized spacial score (nSPS) is 11.9. The van der Waals surface area contributed by atoms with Crippen molar-refractivity contribution in [2.75, 3.05) is 9.44 Å². The minimum Gasteiger partial charge on any atom is -0.283 e. The van der Waals surface area contributed by atoms with Crippen LogP contribution in [0, 0.1) is 13.8 Å². The first-order chi connectivity index (χ1) is 14.4. The Morgan fingerprint density at radius 1 is 0.806 bits per heavy atom. The van der Waals surface area contributed by atoms with Gasteiger partial charge in [-0.05, 0) is 61.9 Å². The molecule has 0 amide bonds. The van der Waals surface area contributed by atoms with Crippen LogP contribution in [-0.4, -0.2) is 26.8 Å². The Labute approximate surface area is 190 Å². The standard InChI is InChI=1S/C19H18Cl2N4O4S2/c1-12-9-13(2)23-19(22-12)25-31(28,29)16-6-4-15(5-7-16)24-30(26,27)11-14-3-8-17(20)18(21)10-14/h3-10,24H,11H2,1-2H3,(H,22,23,25). The first kappa shape index (κ1) is 23.3. The molecule has 0 aliphatic carbocycles. The summed E-state index contributed by atoms with van der Waals surface area (Å²) in [4.78, 5) is 8.04. The van der Waals surface area contributed by atoms with Gasteiger partial charge in [-0.2, -0.15) is 0 Å². The summed E-state index contributed by atoms with van der Waals surface area (Å²) in [6.07, 6.45) is 0. The lowest BCUT2D eigenvalue weighted by Crippen LogP contribution is -2.17. The van der Waals surface area contributed by atoms with Gasteiger partial charge in [-0.15, -0.1) is 0 Å². The van der Waals surface area contributed by atoms with E-state index in [0.29, 0.717) is 22.0 Å². The van der Waals surface area contributed by atoms with E-state index >= 15 is 0 Å². The molecule has 0 saturated heterocycles. The average Bonchev–Trinajstić information content (AvgIpc) is 2.63. The summed E-state index contributed by atoms with van der Waals surface area (Å²) in [5, 5.41) is 0.580. The predicted molar refractivity (Wildman–Crippen MR) is 121 cm³/mol. The molecular formula is C19H18Cl2N4O4S2. The van der Waals surface area contributed by atoms with E-state index in [0.717, 1.165) is 0 Å². The van der Waals surface area contributed by atoms with Crippen molar-refractivity contribution in [1.82, 2.24) is 9.97 Å². The second kappa shape index (κ2) is 8.99. The van der Waals surface area contributed by atoms with Crippen LogP contribution in [-0.2, 0) is 25.8 Å². The molecule has 0 atom stereocenters. The topological polar surface area (TPSA) is 118 Å². The van der Waals surface area contributed by atoms with E-state index in [2.05, 4.69) is 19.4 Å². The van der Waals surface area contributed by atoms with Gasteiger partial charge in [-0.25, -0.2) is 31.5 Å². The van der Waals surface area contributed by atoms with Crippen molar-refractivity contribution in [2.45, 2.75) is 24.5 Å². The summed E-state index contributed by atoms with van der Waals surface area (Å²) in [6, 6.07) is 11.5. The molecule has 12 heteroatoms. The molecule has 0 spiro atoms. The van der Waals surface area contributed by atoms with Crippen LogP contribution in [0.15, 0.2) is 53.4 Å². The lowest BCUT2D eigenvalue weighted by Gasteiger charge is -2.11. The van der Waals surface area contributed by atoms with E-state index in [4.69, 9.17) is 23.2 Å². The quantitative estimate of drug-likeness (QED) is 0.503. The number of rotatable bonds is 7. The minimum absolute atomic E-state index is 0.0381. The Kier molecular flexibility index (Phi) is 6.75. The fourth-order valence-corrected chi connectivity index (χ4v) is 5.17. The molecule has 0 aliphatic heterocycles. The molecule has 1 aromatic heterocycles. The summed E-state index contributed by atoms with van der Waals surface area (Å²) in [7, 11) is -7.70. The fourth-order valence-electron chi connectivity index (χ4n) is 2.72. The minimum atomic E-state index is -3.94. The summed E-state index contributed by atoms with van der Waals surface area (Å²) < 4.78 is 54.7. The highest BCUT2D eigenvalue weighted by atomic mass is 35.5. The van der Waals surface area contributed by atoms with Gasteiger partial charge in [0.1, 0.15) is 0 Å². The Morgan fingerprint density at radius 3 is 2.00 bits per heavy atom. The Balaban J connectivity index is 1.73. The smallest absolute Gasteiger partial charge is 0.264 e. The molecule has 3 aromatic rings. The molecule has 0 aliphatic rings. The van der Waals surface area contributed by atoms with Crippen LogP contribution in [0.25, 0.3) is 0 Å². The van der Waals surface area contributed by atoms with Gasteiger partial charge in [0.25, 0.3) is 10.0 Å². The number of nitrogens with one attached hydrogen (secondary N) is 2. The highest BCUT2D eigenvalue weighted by Gasteiger charge is 2.18. The maximum Gasteiger partial charge on any atom is 0.264 e. The van der Waals surface area contributed by atoms with E-state index in [1.807, 2.05) is 0 Å². The van der Waals surface area contributed by atoms with E-state index in [1.165, 1.54) is 36.4 Å². The zero-order chi connectivity index (χ0) is 22.8. The van der Waals surface area contributed by atoms with Gasteiger partial charge in [0.05, 0.1) is 20.7 Å². The van der Waals surface area contributed by atoms with Gasteiger partial charge in [0, 0.05) is 17.1 Å². The lowest BCUT2D eigenvalue weighted by atomic mass is 10.2. The number of aryl methyl sites for hydroxylation is 2. The Bertz CT molecular complexity index is 1310. The maximum atomic E-state index is 12.6. The molecule has 3 rings (SSSR count). The van der Waals surface area contributed by atoms with Crippen LogP contribution in [0.4, 0.5) is 11.6 Å². The van der Waals surface area contributed by atoms with Crippen molar-refractivity contribution in [2.24, 2.45) is 0 Å². The van der Waals surface area contributed by atoms with Gasteiger partial charge in [-0.3, -0.25) is 4.72 Å². The SMILES string of the molecule is Cc1cc(C)nc(NS(=O)(=O)c2ccc(NS(=O)(=O)Cc3ccc(Cl)c(Cl)c3)cc2)n1. The number of aromatic nitrogens is 2. The maximum absolute atomic E-state index is 12.6. The molecule has 2 aromatic carbocycles. The third-order valence-electron chi connectivity index (χ3n) is 3.99. The number of anilines is 2. The Hall–Kier alpha value is -2.40. The lowest BCUT2D eigenvalue weighted by molar-refractivity contribution is 0.599. The van der Waals surface area contributed by atoms with Gasteiger partial charge in [0.2, 0.25) is 16.0 Å². The van der Waals surface area contributed by atoms with E-state index in [1.54, 1.807) is 26.0 Å². The van der Waals surface area contributed by atoms with Crippen molar-refractivity contribution in [1.29, 1.82) is 0 Å². The zero-order valence-corrected chi connectivity index (χ0v) is 19.6. The van der Waals surface area contributed by atoms with Crippen molar-refractivity contribution in [3.8, 4) is 0 Å².